The summed E-state index contributed by atoms with van der Waals surface area (Å²) in [5, 5.41) is 11.6. The van der Waals surface area contributed by atoms with Crippen LogP contribution in [-0.2, 0) is 11.8 Å². The second-order valence-corrected chi connectivity index (χ2v) is 8.12. The molecule has 25 heavy (non-hydrogen) atoms. The molecule has 2 heterocycles. The summed E-state index contributed by atoms with van der Waals surface area (Å²) in [4.78, 5) is 2.63. The molecule has 4 nitrogen and oxygen atoms in total. The van der Waals surface area contributed by atoms with Gasteiger partial charge in [0.15, 0.2) is 5.82 Å². The molecule has 1 aromatic heterocycles. The fraction of sp³-hybridized carbons (Fsp3) is 0.524. The molecule has 0 amide bonds. The minimum atomic E-state index is 0.406. The minimum absolute atomic E-state index is 0.406. The molecule has 3 atom stereocenters. The van der Waals surface area contributed by atoms with E-state index in [1.165, 1.54) is 45.1 Å². The maximum atomic E-state index is 4.17. The van der Waals surface area contributed by atoms with Gasteiger partial charge in [-0.15, -0.1) is 5.10 Å². The van der Waals surface area contributed by atoms with Crippen LogP contribution in [0.5, 0.6) is 0 Å². The van der Waals surface area contributed by atoms with Gasteiger partial charge in [-0.1, -0.05) is 18.9 Å². The quantitative estimate of drug-likeness (QED) is 0.904. The first-order chi connectivity index (χ1) is 12.3. The van der Waals surface area contributed by atoms with Gasteiger partial charge in [0, 0.05) is 23.3 Å². The fourth-order valence-corrected chi connectivity index (χ4v) is 5.79. The fourth-order valence-electron chi connectivity index (χ4n) is 5.79. The first kappa shape index (κ1) is 15.3. The SMILES string of the molecule is CN1CC[C@]23CCCC[C@H]2[C@H]1Cc1ccc(Nc2cccnn2)cc13. The van der Waals surface area contributed by atoms with E-state index in [-0.39, 0.29) is 0 Å². The van der Waals surface area contributed by atoms with E-state index in [2.05, 4.69) is 45.7 Å². The van der Waals surface area contributed by atoms with Crippen molar-refractivity contribution >= 4 is 11.5 Å². The van der Waals surface area contributed by atoms with Gasteiger partial charge >= 0.3 is 0 Å². The Balaban J connectivity index is 1.56. The summed E-state index contributed by atoms with van der Waals surface area (Å²) in [7, 11) is 2.33. The van der Waals surface area contributed by atoms with Crippen molar-refractivity contribution < 1.29 is 0 Å². The smallest absolute Gasteiger partial charge is 0.153 e. The van der Waals surface area contributed by atoms with E-state index in [1.54, 1.807) is 17.3 Å². The van der Waals surface area contributed by atoms with E-state index in [9.17, 15) is 0 Å². The van der Waals surface area contributed by atoms with Crippen LogP contribution in [0, 0.1) is 5.92 Å². The molecule has 3 aliphatic rings. The molecular formula is C21H26N4. The van der Waals surface area contributed by atoms with Crippen molar-refractivity contribution in [1.29, 1.82) is 0 Å². The molecule has 2 fully saturated rings. The highest BCUT2D eigenvalue weighted by atomic mass is 15.2. The van der Waals surface area contributed by atoms with Gasteiger partial charge < -0.3 is 10.2 Å². The van der Waals surface area contributed by atoms with Crippen LogP contribution in [0.4, 0.5) is 11.5 Å². The number of hydrogen-bond acceptors (Lipinski definition) is 4. The zero-order valence-electron chi connectivity index (χ0n) is 14.9. The molecule has 4 heteroatoms. The molecule has 1 aromatic carbocycles. The summed E-state index contributed by atoms with van der Waals surface area (Å²) < 4.78 is 0. The molecule has 0 spiro atoms. The monoisotopic (exact) mass is 334 g/mol. The van der Waals surface area contributed by atoms with E-state index in [0.717, 1.165) is 23.5 Å². The van der Waals surface area contributed by atoms with Crippen molar-refractivity contribution in [2.75, 3.05) is 18.9 Å². The van der Waals surface area contributed by atoms with Crippen molar-refractivity contribution in [3.05, 3.63) is 47.7 Å². The van der Waals surface area contributed by atoms with Gasteiger partial charge in [0.05, 0.1) is 0 Å². The summed E-state index contributed by atoms with van der Waals surface area (Å²) in [6, 6.07) is 11.6. The van der Waals surface area contributed by atoms with E-state index in [4.69, 9.17) is 0 Å². The standard InChI is InChI=1S/C21H26N4/c1-25-12-10-21-9-3-2-5-17(21)19(25)13-15-7-8-16(14-18(15)21)23-20-6-4-11-22-24-20/h4,6-8,11,14,17,19H,2-3,5,9-10,12-13H2,1H3,(H,23,24)/t17-,19+,21+/m0/s1. The van der Waals surface area contributed by atoms with Gasteiger partial charge in [-0.05, 0) is 80.6 Å². The van der Waals surface area contributed by atoms with Gasteiger partial charge in [-0.2, -0.15) is 5.10 Å². The number of nitrogens with one attached hydrogen (secondary N) is 1. The average molecular weight is 334 g/mol. The third-order valence-electron chi connectivity index (χ3n) is 6.96. The van der Waals surface area contributed by atoms with E-state index < -0.39 is 0 Å². The summed E-state index contributed by atoms with van der Waals surface area (Å²) in [5.41, 5.74) is 4.74. The van der Waals surface area contributed by atoms with Gasteiger partial charge in [0.1, 0.15) is 0 Å². The Bertz CT molecular complexity index is 775. The number of benzene rings is 1. The normalized spacial score (nSPS) is 31.1. The van der Waals surface area contributed by atoms with E-state index in [0.29, 0.717) is 5.41 Å². The predicted octanol–water partition coefficient (Wildman–Crippen LogP) is 3.91. The lowest BCUT2D eigenvalue weighted by molar-refractivity contribution is 0.00290. The van der Waals surface area contributed by atoms with Crippen molar-refractivity contribution in [3.63, 3.8) is 0 Å². The minimum Gasteiger partial charge on any atom is -0.339 e. The predicted molar refractivity (Wildman–Crippen MR) is 100 cm³/mol. The number of piperidine rings is 1. The lowest BCUT2D eigenvalue weighted by Crippen LogP contribution is -2.59. The Morgan fingerprint density at radius 3 is 3.04 bits per heavy atom. The molecule has 2 aliphatic carbocycles. The van der Waals surface area contributed by atoms with Crippen molar-refractivity contribution in [1.82, 2.24) is 15.1 Å². The topological polar surface area (TPSA) is 41.0 Å². The third-order valence-corrected chi connectivity index (χ3v) is 6.96. The second-order valence-electron chi connectivity index (χ2n) is 8.12. The molecule has 0 radical (unpaired) electrons. The Hall–Kier alpha value is -1.94. The number of likely N-dealkylation sites (tertiary alicyclic amines) is 1. The molecule has 130 valence electrons. The molecular weight excluding hydrogens is 308 g/mol. The highest BCUT2D eigenvalue weighted by Gasteiger charge is 2.52. The molecule has 2 aromatic rings. The lowest BCUT2D eigenvalue weighted by atomic mass is 9.52. The van der Waals surface area contributed by atoms with Crippen LogP contribution in [-0.4, -0.2) is 34.7 Å². The zero-order chi connectivity index (χ0) is 16.9. The Morgan fingerprint density at radius 1 is 1.20 bits per heavy atom. The number of fused-ring (bicyclic) bond motifs is 1. The maximum Gasteiger partial charge on any atom is 0.153 e. The molecule has 1 saturated carbocycles. The summed E-state index contributed by atoms with van der Waals surface area (Å²) >= 11 is 0. The number of hydrogen-bond donors (Lipinski definition) is 1. The van der Waals surface area contributed by atoms with Crippen LogP contribution in [0.25, 0.3) is 0 Å². The number of aromatic nitrogens is 2. The Kier molecular flexibility index (Phi) is 3.56. The number of rotatable bonds is 2. The van der Waals surface area contributed by atoms with E-state index >= 15 is 0 Å². The third kappa shape index (κ3) is 2.38. The van der Waals surface area contributed by atoms with Crippen LogP contribution in [0.15, 0.2) is 36.5 Å². The second kappa shape index (κ2) is 5.80. The first-order valence-electron chi connectivity index (χ1n) is 9.65. The van der Waals surface area contributed by atoms with Gasteiger partial charge in [-0.25, -0.2) is 0 Å². The lowest BCUT2D eigenvalue weighted by Gasteiger charge is -2.58. The summed E-state index contributed by atoms with van der Waals surface area (Å²) in [6.07, 6.45) is 9.79. The summed E-state index contributed by atoms with van der Waals surface area (Å²) in [5.74, 6) is 1.65. The van der Waals surface area contributed by atoms with Gasteiger partial charge in [0.25, 0.3) is 0 Å². The average Bonchev–Trinajstić information content (AvgIpc) is 2.66. The molecule has 5 rings (SSSR count). The van der Waals surface area contributed by atoms with Crippen molar-refractivity contribution in [3.8, 4) is 0 Å². The van der Waals surface area contributed by atoms with Crippen molar-refractivity contribution in [2.45, 2.75) is 50.0 Å². The van der Waals surface area contributed by atoms with Crippen LogP contribution in [0.1, 0.15) is 43.2 Å². The van der Waals surface area contributed by atoms with Crippen LogP contribution >= 0.6 is 0 Å². The molecule has 2 bridgehead atoms. The maximum absolute atomic E-state index is 4.17. The van der Waals surface area contributed by atoms with E-state index in [1.807, 2.05) is 12.1 Å². The largest absolute Gasteiger partial charge is 0.339 e. The molecule has 1 aliphatic heterocycles. The molecule has 0 unspecified atom stereocenters. The van der Waals surface area contributed by atoms with Crippen molar-refractivity contribution in [2.24, 2.45) is 5.92 Å². The summed E-state index contributed by atoms with van der Waals surface area (Å²) in [6.45, 7) is 1.24. The number of likely N-dealkylation sites (N-methyl/N-ethyl adjacent to an activating group) is 1. The Morgan fingerprint density at radius 2 is 2.16 bits per heavy atom. The van der Waals surface area contributed by atoms with Crippen LogP contribution in [0.3, 0.4) is 0 Å². The molecule has 1 N–H and O–H groups in total. The number of nitrogens with zero attached hydrogens (tertiary/aromatic N) is 3. The van der Waals surface area contributed by atoms with Gasteiger partial charge in [0.2, 0.25) is 0 Å². The molecule has 1 saturated heterocycles. The number of anilines is 2. The van der Waals surface area contributed by atoms with Gasteiger partial charge in [-0.3, -0.25) is 0 Å². The van der Waals surface area contributed by atoms with Crippen LogP contribution in [0.2, 0.25) is 0 Å². The zero-order valence-corrected chi connectivity index (χ0v) is 14.9. The highest BCUT2D eigenvalue weighted by Crippen LogP contribution is 2.55. The van der Waals surface area contributed by atoms with Crippen LogP contribution < -0.4 is 5.32 Å². The Labute approximate surface area is 149 Å². The first-order valence-corrected chi connectivity index (χ1v) is 9.65. The highest BCUT2D eigenvalue weighted by molar-refractivity contribution is 5.60.